The van der Waals surface area contributed by atoms with Crippen LogP contribution in [0.3, 0.4) is 0 Å². The molecule has 0 radical (unpaired) electrons. The summed E-state index contributed by atoms with van der Waals surface area (Å²) in [5, 5.41) is 17.6. The maximum atomic E-state index is 10.7. The van der Waals surface area contributed by atoms with Gasteiger partial charge in [-0.05, 0) is 18.1 Å². The highest BCUT2D eigenvalue weighted by molar-refractivity contribution is 7.99. The van der Waals surface area contributed by atoms with E-state index in [0.29, 0.717) is 5.16 Å². The molecule has 0 saturated heterocycles. The zero-order chi connectivity index (χ0) is 14.4. The van der Waals surface area contributed by atoms with Crippen molar-refractivity contribution in [3.8, 4) is 0 Å². The second-order valence-corrected chi connectivity index (χ2v) is 5.14. The topological polar surface area (TPSA) is 80.9 Å². The third-order valence-electron chi connectivity index (χ3n) is 2.78. The summed E-state index contributed by atoms with van der Waals surface area (Å²) < 4.78 is 1.99. The van der Waals surface area contributed by atoms with Gasteiger partial charge in [-0.15, -0.1) is 10.2 Å². The smallest absolute Gasteiger partial charge is 0.313 e. The van der Waals surface area contributed by atoms with Crippen molar-refractivity contribution >= 4 is 17.7 Å². The molecular weight excluding hydrogens is 276 g/mol. The fourth-order valence-corrected chi connectivity index (χ4v) is 2.53. The van der Waals surface area contributed by atoms with Crippen LogP contribution in [0.1, 0.15) is 18.3 Å². The molecule has 20 heavy (non-hydrogen) atoms. The molecule has 0 spiro atoms. The molecule has 0 aromatic carbocycles. The van der Waals surface area contributed by atoms with E-state index >= 15 is 0 Å². The number of carboxylic acid groups (broad SMARTS) is 1. The van der Waals surface area contributed by atoms with Crippen molar-refractivity contribution in [1.82, 2.24) is 19.7 Å². The van der Waals surface area contributed by atoms with E-state index in [1.165, 1.54) is 11.8 Å². The van der Waals surface area contributed by atoms with Crippen molar-refractivity contribution in [1.29, 1.82) is 0 Å². The highest BCUT2D eigenvalue weighted by Gasteiger charge is 2.12. The van der Waals surface area contributed by atoms with Gasteiger partial charge >= 0.3 is 5.97 Å². The Morgan fingerprint density at radius 3 is 2.95 bits per heavy atom. The van der Waals surface area contributed by atoms with E-state index < -0.39 is 5.97 Å². The Morgan fingerprint density at radius 2 is 2.30 bits per heavy atom. The molecule has 2 heterocycles. The normalized spacial score (nSPS) is 10.7. The van der Waals surface area contributed by atoms with Crippen LogP contribution in [-0.4, -0.2) is 36.6 Å². The van der Waals surface area contributed by atoms with Gasteiger partial charge in [-0.25, -0.2) is 0 Å². The van der Waals surface area contributed by atoms with Crippen LogP contribution in [-0.2, 0) is 24.2 Å². The minimum Gasteiger partial charge on any atom is -0.481 e. The third kappa shape index (κ3) is 3.80. The Hall–Kier alpha value is -1.89. The standard InChI is InChI=1S/C13H16N4O2S/c1-2-11-15-16-13(20-9-12(18)19)17(11)7-5-10-4-3-6-14-8-10/h3-4,6,8H,2,5,7,9H2,1H3,(H,18,19). The molecule has 2 aromatic heterocycles. The van der Waals surface area contributed by atoms with Gasteiger partial charge in [0.2, 0.25) is 0 Å². The van der Waals surface area contributed by atoms with E-state index in [0.717, 1.165) is 30.8 Å². The first-order valence-corrected chi connectivity index (χ1v) is 7.34. The Kier molecular flexibility index (Phi) is 5.11. The van der Waals surface area contributed by atoms with Gasteiger partial charge in [0.25, 0.3) is 0 Å². The van der Waals surface area contributed by atoms with Crippen LogP contribution in [0, 0.1) is 0 Å². The van der Waals surface area contributed by atoms with Crippen LogP contribution in [0.15, 0.2) is 29.7 Å². The number of hydrogen-bond acceptors (Lipinski definition) is 5. The van der Waals surface area contributed by atoms with Crippen LogP contribution in [0.2, 0.25) is 0 Å². The summed E-state index contributed by atoms with van der Waals surface area (Å²) in [5.41, 5.74) is 1.14. The minimum absolute atomic E-state index is 0.00522. The van der Waals surface area contributed by atoms with Crippen molar-refractivity contribution in [2.24, 2.45) is 0 Å². The first-order valence-electron chi connectivity index (χ1n) is 6.36. The van der Waals surface area contributed by atoms with Gasteiger partial charge in [-0.2, -0.15) is 0 Å². The fourth-order valence-electron chi connectivity index (χ4n) is 1.83. The molecule has 0 amide bonds. The lowest BCUT2D eigenvalue weighted by Gasteiger charge is -2.08. The summed E-state index contributed by atoms with van der Waals surface area (Å²) in [4.78, 5) is 14.7. The number of thioether (sulfide) groups is 1. The van der Waals surface area contributed by atoms with Crippen LogP contribution in [0.4, 0.5) is 0 Å². The van der Waals surface area contributed by atoms with Crippen molar-refractivity contribution in [2.45, 2.75) is 31.5 Å². The Balaban J connectivity index is 2.08. The van der Waals surface area contributed by atoms with Crippen molar-refractivity contribution < 1.29 is 9.90 Å². The van der Waals surface area contributed by atoms with Crippen LogP contribution >= 0.6 is 11.8 Å². The summed E-state index contributed by atoms with van der Waals surface area (Å²) in [7, 11) is 0. The van der Waals surface area contributed by atoms with Gasteiger partial charge in [0.05, 0.1) is 5.75 Å². The predicted octanol–water partition coefficient (Wildman–Crippen LogP) is 1.65. The predicted molar refractivity (Wildman–Crippen MR) is 75.7 cm³/mol. The van der Waals surface area contributed by atoms with E-state index in [9.17, 15) is 4.79 Å². The Morgan fingerprint density at radius 1 is 1.45 bits per heavy atom. The zero-order valence-corrected chi connectivity index (χ0v) is 12.0. The van der Waals surface area contributed by atoms with E-state index in [4.69, 9.17) is 5.11 Å². The van der Waals surface area contributed by atoms with Gasteiger partial charge in [0.1, 0.15) is 5.82 Å². The summed E-state index contributed by atoms with van der Waals surface area (Å²) in [5.74, 6) is 0.0194. The molecule has 2 rings (SSSR count). The summed E-state index contributed by atoms with van der Waals surface area (Å²) >= 11 is 1.20. The first-order chi connectivity index (χ1) is 9.70. The number of carbonyl (C=O) groups is 1. The molecule has 0 aliphatic carbocycles. The number of hydrogen-bond donors (Lipinski definition) is 1. The van der Waals surface area contributed by atoms with E-state index in [-0.39, 0.29) is 5.75 Å². The molecule has 0 aliphatic heterocycles. The molecule has 0 aliphatic rings. The number of rotatable bonds is 7. The highest BCUT2D eigenvalue weighted by Crippen LogP contribution is 2.18. The molecule has 6 nitrogen and oxygen atoms in total. The van der Waals surface area contributed by atoms with E-state index in [1.54, 1.807) is 6.20 Å². The lowest BCUT2D eigenvalue weighted by atomic mass is 10.2. The average Bonchev–Trinajstić information content (AvgIpc) is 2.86. The fraction of sp³-hybridized carbons (Fsp3) is 0.385. The summed E-state index contributed by atoms with van der Waals surface area (Å²) in [6, 6.07) is 3.93. The maximum Gasteiger partial charge on any atom is 0.313 e. The van der Waals surface area contributed by atoms with Crippen LogP contribution in [0.25, 0.3) is 0 Å². The van der Waals surface area contributed by atoms with Crippen molar-refractivity contribution in [3.05, 3.63) is 35.9 Å². The maximum absolute atomic E-state index is 10.7. The van der Waals surface area contributed by atoms with Crippen molar-refractivity contribution in [3.63, 3.8) is 0 Å². The lowest BCUT2D eigenvalue weighted by molar-refractivity contribution is -0.133. The number of carboxylic acids is 1. The lowest BCUT2D eigenvalue weighted by Crippen LogP contribution is -2.08. The van der Waals surface area contributed by atoms with Crippen LogP contribution in [0.5, 0.6) is 0 Å². The quantitative estimate of drug-likeness (QED) is 0.782. The molecule has 0 atom stereocenters. The monoisotopic (exact) mass is 292 g/mol. The number of aromatic nitrogens is 4. The van der Waals surface area contributed by atoms with Gasteiger partial charge in [-0.1, -0.05) is 24.8 Å². The number of nitrogens with zero attached hydrogens (tertiary/aromatic N) is 4. The van der Waals surface area contributed by atoms with Gasteiger partial charge in [-0.3, -0.25) is 9.78 Å². The summed E-state index contributed by atoms with van der Waals surface area (Å²) in [6.45, 7) is 2.74. The number of aliphatic carboxylic acids is 1. The minimum atomic E-state index is -0.852. The Bertz CT molecular complexity index is 571. The number of aryl methyl sites for hydroxylation is 2. The van der Waals surface area contributed by atoms with Gasteiger partial charge < -0.3 is 9.67 Å². The summed E-state index contributed by atoms with van der Waals surface area (Å²) in [6.07, 6.45) is 5.17. The number of pyridine rings is 1. The van der Waals surface area contributed by atoms with E-state index in [1.807, 2.05) is 29.8 Å². The average molecular weight is 292 g/mol. The van der Waals surface area contributed by atoms with Gasteiger partial charge in [0.15, 0.2) is 5.16 Å². The first kappa shape index (κ1) is 14.5. The Labute approximate surface area is 121 Å². The molecule has 0 unspecified atom stereocenters. The molecule has 0 fully saturated rings. The third-order valence-corrected chi connectivity index (χ3v) is 3.73. The van der Waals surface area contributed by atoms with Crippen molar-refractivity contribution in [2.75, 3.05) is 5.75 Å². The molecule has 0 bridgehead atoms. The van der Waals surface area contributed by atoms with E-state index in [2.05, 4.69) is 15.2 Å². The second-order valence-electron chi connectivity index (χ2n) is 4.20. The SMILES string of the molecule is CCc1nnc(SCC(=O)O)n1CCc1cccnc1. The molecule has 0 saturated carbocycles. The molecule has 106 valence electrons. The highest BCUT2D eigenvalue weighted by atomic mass is 32.2. The molecule has 1 N–H and O–H groups in total. The van der Waals surface area contributed by atoms with Crippen LogP contribution < -0.4 is 0 Å². The zero-order valence-electron chi connectivity index (χ0n) is 11.2. The largest absolute Gasteiger partial charge is 0.481 e. The van der Waals surface area contributed by atoms with Gasteiger partial charge in [0, 0.05) is 25.4 Å². The molecular formula is C13H16N4O2S. The molecule has 2 aromatic rings. The second kappa shape index (κ2) is 7.04. The molecule has 7 heteroatoms.